The van der Waals surface area contributed by atoms with Gasteiger partial charge in [0.15, 0.2) is 0 Å². The van der Waals surface area contributed by atoms with E-state index in [0.717, 1.165) is 12.8 Å². The van der Waals surface area contributed by atoms with E-state index in [0.29, 0.717) is 32.2 Å². The van der Waals surface area contributed by atoms with E-state index >= 15 is 0 Å². The van der Waals surface area contributed by atoms with Crippen molar-refractivity contribution < 1.29 is 14.6 Å². The summed E-state index contributed by atoms with van der Waals surface area (Å²) in [6.45, 7) is 3.20. The minimum Gasteiger partial charge on any atom is -0.386 e. The van der Waals surface area contributed by atoms with E-state index in [4.69, 9.17) is 4.74 Å². The summed E-state index contributed by atoms with van der Waals surface area (Å²) in [5, 5.41) is 16.2. The molecular formula is C13H24N2O3. The van der Waals surface area contributed by atoms with E-state index in [1.807, 2.05) is 6.92 Å². The Morgan fingerprint density at radius 2 is 2.22 bits per heavy atom. The molecule has 0 aromatic heterocycles. The normalized spacial score (nSPS) is 30.6. The molecule has 0 spiro atoms. The van der Waals surface area contributed by atoms with Crippen LogP contribution in [0.3, 0.4) is 0 Å². The van der Waals surface area contributed by atoms with E-state index in [9.17, 15) is 9.90 Å². The van der Waals surface area contributed by atoms with Crippen molar-refractivity contribution in [2.24, 2.45) is 0 Å². The first kappa shape index (κ1) is 13.8. The van der Waals surface area contributed by atoms with Crippen molar-refractivity contribution in [2.45, 2.75) is 56.7 Å². The molecule has 1 aliphatic heterocycles. The fourth-order valence-electron chi connectivity index (χ4n) is 2.57. The third-order valence-corrected chi connectivity index (χ3v) is 3.91. The highest BCUT2D eigenvalue weighted by atomic mass is 16.5. The number of carbonyl (C=O) groups excluding carboxylic acids is 1. The molecule has 18 heavy (non-hydrogen) atoms. The van der Waals surface area contributed by atoms with E-state index in [2.05, 4.69) is 10.6 Å². The molecule has 3 N–H and O–H groups in total. The van der Waals surface area contributed by atoms with Crippen LogP contribution in [0.2, 0.25) is 0 Å². The van der Waals surface area contributed by atoms with Gasteiger partial charge in [0.25, 0.3) is 0 Å². The molecule has 0 aromatic rings. The zero-order valence-electron chi connectivity index (χ0n) is 11.1. The van der Waals surface area contributed by atoms with Gasteiger partial charge in [-0.1, -0.05) is 12.8 Å². The van der Waals surface area contributed by atoms with Crippen molar-refractivity contribution >= 4 is 5.91 Å². The number of ether oxygens (including phenoxy) is 1. The fraction of sp³-hybridized carbons (Fsp3) is 0.923. The maximum atomic E-state index is 11.9. The molecule has 1 saturated carbocycles. The molecule has 1 amide bonds. The Morgan fingerprint density at radius 3 is 2.83 bits per heavy atom. The molecule has 2 fully saturated rings. The zero-order valence-corrected chi connectivity index (χ0v) is 11.1. The molecule has 0 bridgehead atoms. The van der Waals surface area contributed by atoms with Crippen LogP contribution >= 0.6 is 0 Å². The highest BCUT2D eigenvalue weighted by molar-refractivity contribution is 5.81. The third-order valence-electron chi connectivity index (χ3n) is 3.91. The highest BCUT2D eigenvalue weighted by Gasteiger charge is 2.33. The summed E-state index contributed by atoms with van der Waals surface area (Å²) in [5.41, 5.74) is -0.804. The van der Waals surface area contributed by atoms with E-state index in [1.54, 1.807) is 0 Å². The average molecular weight is 256 g/mol. The summed E-state index contributed by atoms with van der Waals surface area (Å²) < 4.78 is 5.17. The van der Waals surface area contributed by atoms with E-state index in [1.165, 1.54) is 12.8 Å². The first-order valence-electron chi connectivity index (χ1n) is 6.93. The molecule has 0 aromatic carbocycles. The Labute approximate surface area is 108 Å². The lowest BCUT2D eigenvalue weighted by atomic mass is 10.0. The van der Waals surface area contributed by atoms with Crippen LogP contribution in [-0.2, 0) is 9.53 Å². The van der Waals surface area contributed by atoms with Crippen LogP contribution in [0.4, 0.5) is 0 Å². The van der Waals surface area contributed by atoms with Crippen LogP contribution in [0, 0.1) is 0 Å². The zero-order chi connectivity index (χ0) is 13.0. The van der Waals surface area contributed by atoms with Crippen molar-refractivity contribution in [3.8, 4) is 0 Å². The Bertz CT molecular complexity index is 284. The Hall–Kier alpha value is -0.650. The summed E-state index contributed by atoms with van der Waals surface area (Å²) in [7, 11) is 0. The molecule has 1 aliphatic carbocycles. The standard InChI is InChI=1S/C13H24N2O3/c1-10(12(16)15-11-4-2-3-5-11)14-8-13(17)6-7-18-9-13/h10-11,14,17H,2-9H2,1H3,(H,15,16). The van der Waals surface area contributed by atoms with Crippen LogP contribution in [0.25, 0.3) is 0 Å². The summed E-state index contributed by atoms with van der Waals surface area (Å²) in [6.07, 6.45) is 5.25. The molecule has 0 radical (unpaired) electrons. The Kier molecular flexibility index (Phi) is 4.59. The van der Waals surface area contributed by atoms with Gasteiger partial charge in [0, 0.05) is 25.6 Å². The predicted octanol–water partition coefficient (Wildman–Crippen LogP) is 0.175. The van der Waals surface area contributed by atoms with Gasteiger partial charge in [-0.3, -0.25) is 4.79 Å². The molecular weight excluding hydrogens is 232 g/mol. The van der Waals surface area contributed by atoms with Gasteiger partial charge in [0.1, 0.15) is 5.60 Å². The van der Waals surface area contributed by atoms with Crippen LogP contribution in [0.1, 0.15) is 39.0 Å². The number of hydrogen-bond acceptors (Lipinski definition) is 4. The van der Waals surface area contributed by atoms with Crippen molar-refractivity contribution in [2.75, 3.05) is 19.8 Å². The number of aliphatic hydroxyl groups is 1. The van der Waals surface area contributed by atoms with Crippen LogP contribution in [-0.4, -0.2) is 48.5 Å². The van der Waals surface area contributed by atoms with Crippen molar-refractivity contribution in [3.05, 3.63) is 0 Å². The van der Waals surface area contributed by atoms with Gasteiger partial charge >= 0.3 is 0 Å². The van der Waals surface area contributed by atoms with Crippen LogP contribution < -0.4 is 10.6 Å². The maximum Gasteiger partial charge on any atom is 0.237 e. The minimum absolute atomic E-state index is 0.0319. The van der Waals surface area contributed by atoms with Gasteiger partial charge in [0.2, 0.25) is 5.91 Å². The van der Waals surface area contributed by atoms with Crippen molar-refractivity contribution in [3.63, 3.8) is 0 Å². The molecule has 1 saturated heterocycles. The number of rotatable bonds is 5. The fourth-order valence-corrected chi connectivity index (χ4v) is 2.57. The monoisotopic (exact) mass is 256 g/mol. The van der Waals surface area contributed by atoms with Gasteiger partial charge in [-0.05, 0) is 19.8 Å². The first-order valence-corrected chi connectivity index (χ1v) is 6.93. The number of carbonyl (C=O) groups is 1. The third kappa shape index (κ3) is 3.67. The number of nitrogens with one attached hydrogen (secondary N) is 2. The van der Waals surface area contributed by atoms with Crippen molar-refractivity contribution in [1.29, 1.82) is 0 Å². The minimum atomic E-state index is -0.804. The molecule has 2 aliphatic rings. The second-order valence-electron chi connectivity index (χ2n) is 5.62. The lowest BCUT2D eigenvalue weighted by molar-refractivity contribution is -0.123. The summed E-state index contributed by atoms with van der Waals surface area (Å²) in [4.78, 5) is 11.9. The Balaban J connectivity index is 1.69. The predicted molar refractivity (Wildman–Crippen MR) is 68.2 cm³/mol. The second kappa shape index (κ2) is 5.99. The van der Waals surface area contributed by atoms with E-state index in [-0.39, 0.29) is 11.9 Å². The molecule has 2 rings (SSSR count). The smallest absolute Gasteiger partial charge is 0.237 e. The molecule has 104 valence electrons. The van der Waals surface area contributed by atoms with Gasteiger partial charge < -0.3 is 20.5 Å². The van der Waals surface area contributed by atoms with Gasteiger partial charge in [0.05, 0.1) is 12.6 Å². The van der Waals surface area contributed by atoms with Gasteiger partial charge in [-0.2, -0.15) is 0 Å². The lowest BCUT2D eigenvalue weighted by Crippen LogP contribution is -2.50. The topological polar surface area (TPSA) is 70.6 Å². The van der Waals surface area contributed by atoms with Crippen molar-refractivity contribution in [1.82, 2.24) is 10.6 Å². The molecule has 2 unspecified atom stereocenters. The second-order valence-corrected chi connectivity index (χ2v) is 5.62. The highest BCUT2D eigenvalue weighted by Crippen LogP contribution is 2.18. The van der Waals surface area contributed by atoms with Crippen LogP contribution in [0.5, 0.6) is 0 Å². The van der Waals surface area contributed by atoms with Gasteiger partial charge in [-0.15, -0.1) is 0 Å². The number of hydrogen-bond donors (Lipinski definition) is 3. The molecule has 1 heterocycles. The van der Waals surface area contributed by atoms with Gasteiger partial charge in [-0.25, -0.2) is 0 Å². The lowest BCUT2D eigenvalue weighted by Gasteiger charge is -2.24. The average Bonchev–Trinajstić information content (AvgIpc) is 2.98. The molecule has 2 atom stereocenters. The van der Waals surface area contributed by atoms with Crippen LogP contribution in [0.15, 0.2) is 0 Å². The van der Waals surface area contributed by atoms with E-state index < -0.39 is 5.60 Å². The summed E-state index contributed by atoms with van der Waals surface area (Å²) in [6, 6.07) is 0.0786. The Morgan fingerprint density at radius 1 is 1.50 bits per heavy atom. The molecule has 5 nitrogen and oxygen atoms in total. The SMILES string of the molecule is CC(NCC1(O)CCOC1)C(=O)NC1CCCC1. The first-order chi connectivity index (χ1) is 8.59. The summed E-state index contributed by atoms with van der Waals surface area (Å²) in [5.74, 6) is 0.0319. The summed E-state index contributed by atoms with van der Waals surface area (Å²) >= 11 is 0. The number of amides is 1. The quantitative estimate of drug-likeness (QED) is 0.656. The largest absolute Gasteiger partial charge is 0.386 e. The maximum absolute atomic E-state index is 11.9. The molecule has 5 heteroatoms.